The Balaban J connectivity index is 1.41. The van der Waals surface area contributed by atoms with Crippen LogP contribution in [0.3, 0.4) is 0 Å². The highest BCUT2D eigenvalue weighted by atomic mass is 35.5. The average molecular weight is 469 g/mol. The summed E-state index contributed by atoms with van der Waals surface area (Å²) in [7, 11) is 1.82. The van der Waals surface area contributed by atoms with Crippen molar-refractivity contribution in [3.05, 3.63) is 82.9 Å². The minimum absolute atomic E-state index is 0.128. The lowest BCUT2D eigenvalue weighted by Crippen LogP contribution is -2.39. The summed E-state index contributed by atoms with van der Waals surface area (Å²) in [5.41, 5.74) is 2.40. The topological polar surface area (TPSA) is 68.0 Å². The fourth-order valence-electron chi connectivity index (χ4n) is 3.94. The number of nitrogens with zero attached hydrogens (tertiary/aromatic N) is 5. The molecule has 0 spiro atoms. The molecule has 7 nitrogen and oxygen atoms in total. The standard InChI is InChI=1S/C23H19ClF2N6O/c1-30-22(2-3-28-30)29-21-10-18(19(24)11-27-21)15-8-20-23(33)32(5-4-31(20)13-15)12-14-6-16(25)9-17(26)7-14/h2-3,6-11,13H,4-5,12H2,1H3,(H,27,29). The summed E-state index contributed by atoms with van der Waals surface area (Å²) in [4.78, 5) is 19.0. The van der Waals surface area contributed by atoms with E-state index in [1.807, 2.05) is 29.9 Å². The summed E-state index contributed by atoms with van der Waals surface area (Å²) in [6, 6.07) is 8.70. The number of carbonyl (C=O) groups excluding carboxylic acids is 1. The number of carbonyl (C=O) groups is 1. The first-order chi connectivity index (χ1) is 15.9. The third-order valence-electron chi connectivity index (χ3n) is 5.55. The van der Waals surface area contributed by atoms with Crippen molar-refractivity contribution in [2.45, 2.75) is 13.1 Å². The van der Waals surface area contributed by atoms with Gasteiger partial charge in [-0.15, -0.1) is 0 Å². The Morgan fingerprint density at radius 2 is 1.91 bits per heavy atom. The molecule has 5 rings (SSSR count). The van der Waals surface area contributed by atoms with Gasteiger partial charge in [-0.3, -0.25) is 9.48 Å². The van der Waals surface area contributed by atoms with Crippen LogP contribution in [0.25, 0.3) is 11.1 Å². The lowest BCUT2D eigenvalue weighted by molar-refractivity contribution is 0.0690. The van der Waals surface area contributed by atoms with Crippen LogP contribution in [-0.4, -0.2) is 36.7 Å². The van der Waals surface area contributed by atoms with Gasteiger partial charge >= 0.3 is 0 Å². The van der Waals surface area contributed by atoms with Crippen molar-refractivity contribution in [1.29, 1.82) is 0 Å². The predicted octanol–water partition coefficient (Wildman–Crippen LogP) is 4.61. The number of hydrogen-bond acceptors (Lipinski definition) is 4. The molecule has 33 heavy (non-hydrogen) atoms. The van der Waals surface area contributed by atoms with Crippen molar-refractivity contribution in [3.8, 4) is 11.1 Å². The van der Waals surface area contributed by atoms with Crippen LogP contribution in [0.1, 0.15) is 16.1 Å². The van der Waals surface area contributed by atoms with E-state index in [4.69, 9.17) is 11.6 Å². The highest BCUT2D eigenvalue weighted by molar-refractivity contribution is 6.33. The molecule has 10 heteroatoms. The largest absolute Gasteiger partial charge is 0.341 e. The Morgan fingerprint density at radius 3 is 2.64 bits per heavy atom. The van der Waals surface area contributed by atoms with E-state index in [-0.39, 0.29) is 12.5 Å². The molecule has 0 saturated carbocycles. The zero-order chi connectivity index (χ0) is 23.1. The second-order valence-electron chi connectivity index (χ2n) is 7.83. The molecule has 1 amide bonds. The Kier molecular flexibility index (Phi) is 5.33. The summed E-state index contributed by atoms with van der Waals surface area (Å²) >= 11 is 6.43. The fraction of sp³-hybridized carbons (Fsp3) is 0.174. The minimum atomic E-state index is -0.664. The summed E-state index contributed by atoms with van der Waals surface area (Å²) in [6.07, 6.45) is 5.11. The monoisotopic (exact) mass is 468 g/mol. The van der Waals surface area contributed by atoms with E-state index in [1.54, 1.807) is 28.0 Å². The Hall–Kier alpha value is -3.72. The first-order valence-corrected chi connectivity index (χ1v) is 10.6. The number of fused-ring (bicyclic) bond motifs is 1. The smallest absolute Gasteiger partial charge is 0.270 e. The maximum absolute atomic E-state index is 13.5. The number of aromatic nitrogens is 4. The van der Waals surface area contributed by atoms with E-state index in [9.17, 15) is 13.6 Å². The van der Waals surface area contributed by atoms with Gasteiger partial charge in [0.25, 0.3) is 5.91 Å². The van der Waals surface area contributed by atoms with Crippen LogP contribution in [0, 0.1) is 11.6 Å². The predicted molar refractivity (Wildman–Crippen MR) is 120 cm³/mol. The molecule has 4 aromatic rings. The number of benzene rings is 1. The number of amides is 1. The molecule has 1 aliphatic heterocycles. The summed E-state index contributed by atoms with van der Waals surface area (Å²) < 4.78 is 30.6. The molecule has 0 saturated heterocycles. The fourth-order valence-corrected chi connectivity index (χ4v) is 4.16. The minimum Gasteiger partial charge on any atom is -0.341 e. The van der Waals surface area contributed by atoms with Crippen LogP contribution in [0.4, 0.5) is 20.4 Å². The van der Waals surface area contributed by atoms with E-state index in [0.29, 0.717) is 35.2 Å². The van der Waals surface area contributed by atoms with Crippen molar-refractivity contribution < 1.29 is 13.6 Å². The number of hydrogen-bond donors (Lipinski definition) is 1. The molecular formula is C23H19ClF2N6O. The van der Waals surface area contributed by atoms with E-state index < -0.39 is 11.6 Å². The number of rotatable bonds is 5. The Bertz CT molecular complexity index is 1340. The zero-order valence-corrected chi connectivity index (χ0v) is 18.4. The molecule has 1 aromatic carbocycles. The first kappa shape index (κ1) is 21.1. The van der Waals surface area contributed by atoms with Crippen LogP contribution >= 0.6 is 11.6 Å². The summed E-state index contributed by atoms with van der Waals surface area (Å²) in [5, 5.41) is 7.77. The van der Waals surface area contributed by atoms with Crippen molar-refractivity contribution in [2.24, 2.45) is 7.05 Å². The van der Waals surface area contributed by atoms with Gasteiger partial charge in [0, 0.05) is 62.3 Å². The quantitative estimate of drug-likeness (QED) is 0.464. The lowest BCUT2D eigenvalue weighted by Gasteiger charge is -2.28. The summed E-state index contributed by atoms with van der Waals surface area (Å²) in [5.74, 6) is -0.184. The molecule has 3 aromatic heterocycles. The van der Waals surface area contributed by atoms with Crippen LogP contribution in [0.15, 0.2) is 55.0 Å². The highest BCUT2D eigenvalue weighted by Crippen LogP contribution is 2.33. The molecule has 4 heterocycles. The van der Waals surface area contributed by atoms with E-state index in [2.05, 4.69) is 15.4 Å². The van der Waals surface area contributed by atoms with Crippen molar-refractivity contribution >= 4 is 29.1 Å². The van der Waals surface area contributed by atoms with Crippen LogP contribution in [0.2, 0.25) is 5.02 Å². The van der Waals surface area contributed by atoms with Crippen LogP contribution < -0.4 is 5.32 Å². The maximum atomic E-state index is 13.5. The van der Waals surface area contributed by atoms with Gasteiger partial charge in [0.15, 0.2) is 0 Å². The lowest BCUT2D eigenvalue weighted by atomic mass is 10.1. The normalized spacial score (nSPS) is 13.3. The third-order valence-corrected chi connectivity index (χ3v) is 5.85. The number of pyridine rings is 1. The molecule has 0 radical (unpaired) electrons. The SMILES string of the molecule is Cn1nccc1Nc1cc(-c2cc3n(c2)CCN(Cc2cc(F)cc(F)c2)C3=O)c(Cl)cn1. The van der Waals surface area contributed by atoms with E-state index in [1.165, 1.54) is 12.1 Å². The second-order valence-corrected chi connectivity index (χ2v) is 8.23. The molecule has 0 unspecified atom stereocenters. The van der Waals surface area contributed by atoms with Gasteiger partial charge in [0.05, 0.1) is 11.2 Å². The van der Waals surface area contributed by atoms with Gasteiger partial charge < -0.3 is 14.8 Å². The van der Waals surface area contributed by atoms with E-state index >= 15 is 0 Å². The molecule has 0 bridgehead atoms. The molecule has 0 aliphatic carbocycles. The molecule has 1 N–H and O–H groups in total. The zero-order valence-electron chi connectivity index (χ0n) is 17.6. The molecular weight excluding hydrogens is 450 g/mol. The number of aryl methyl sites for hydroxylation is 1. The Labute approximate surface area is 193 Å². The molecule has 168 valence electrons. The van der Waals surface area contributed by atoms with Crippen molar-refractivity contribution in [3.63, 3.8) is 0 Å². The van der Waals surface area contributed by atoms with Gasteiger partial charge in [-0.2, -0.15) is 5.10 Å². The number of anilines is 2. The van der Waals surface area contributed by atoms with Crippen LogP contribution in [0.5, 0.6) is 0 Å². The van der Waals surface area contributed by atoms with Gasteiger partial charge in [0.2, 0.25) is 0 Å². The molecule has 0 atom stereocenters. The maximum Gasteiger partial charge on any atom is 0.270 e. The van der Waals surface area contributed by atoms with E-state index in [0.717, 1.165) is 23.0 Å². The average Bonchev–Trinajstić information content (AvgIpc) is 3.37. The van der Waals surface area contributed by atoms with Gasteiger partial charge in [-0.1, -0.05) is 11.6 Å². The third kappa shape index (κ3) is 4.19. The molecule has 1 aliphatic rings. The number of nitrogens with one attached hydrogen (secondary N) is 1. The van der Waals surface area contributed by atoms with Gasteiger partial charge in [-0.25, -0.2) is 13.8 Å². The van der Waals surface area contributed by atoms with Gasteiger partial charge in [0.1, 0.15) is 29.0 Å². The van der Waals surface area contributed by atoms with Crippen molar-refractivity contribution in [1.82, 2.24) is 24.2 Å². The molecule has 0 fully saturated rings. The van der Waals surface area contributed by atoms with Crippen LogP contribution in [-0.2, 0) is 20.1 Å². The van der Waals surface area contributed by atoms with Crippen molar-refractivity contribution in [2.75, 3.05) is 11.9 Å². The summed E-state index contributed by atoms with van der Waals surface area (Å²) in [6.45, 7) is 1.11. The Morgan fingerprint density at radius 1 is 1.12 bits per heavy atom. The number of halogens is 3. The van der Waals surface area contributed by atoms with Gasteiger partial charge in [-0.05, 0) is 29.8 Å². The first-order valence-electron chi connectivity index (χ1n) is 10.2. The highest BCUT2D eigenvalue weighted by Gasteiger charge is 2.26. The second kappa shape index (κ2) is 8.32.